The molecule has 1 amide bonds. The van der Waals surface area contributed by atoms with Crippen LogP contribution in [-0.4, -0.2) is 17.3 Å². The van der Waals surface area contributed by atoms with Crippen LogP contribution in [0.15, 0.2) is 30.0 Å². The van der Waals surface area contributed by atoms with Crippen molar-refractivity contribution in [3.8, 4) is 0 Å². The number of hydrogen-bond acceptors (Lipinski definition) is 3. The molecular formula is C12H13NO3. The highest BCUT2D eigenvalue weighted by atomic mass is 16.3. The number of nitrogens with one attached hydrogen (secondary N) is 1. The van der Waals surface area contributed by atoms with Gasteiger partial charge < -0.3 is 10.4 Å². The summed E-state index contributed by atoms with van der Waals surface area (Å²) in [6, 6.07) is 6.66. The monoisotopic (exact) mass is 219 g/mol. The number of hydrogen-bond donors (Lipinski definition) is 2. The lowest BCUT2D eigenvalue weighted by Crippen LogP contribution is -2.00. The summed E-state index contributed by atoms with van der Waals surface area (Å²) in [4.78, 5) is 21.5. The average molecular weight is 219 g/mol. The highest BCUT2D eigenvalue weighted by Gasteiger charge is 2.10. The molecule has 1 rings (SSSR count). The summed E-state index contributed by atoms with van der Waals surface area (Å²) in [5, 5.41) is 11.9. The molecule has 0 saturated heterocycles. The topological polar surface area (TPSA) is 66.4 Å². The molecule has 0 spiro atoms. The number of aliphatic hydroxyl groups excluding tert-OH is 1. The molecule has 4 nitrogen and oxygen atoms in total. The minimum atomic E-state index is -0.198. The first kappa shape index (κ1) is 12.0. The van der Waals surface area contributed by atoms with Crippen LogP contribution in [0, 0.1) is 0 Å². The van der Waals surface area contributed by atoms with Crippen LogP contribution >= 0.6 is 0 Å². The summed E-state index contributed by atoms with van der Waals surface area (Å²) in [6.45, 7) is 2.86. The number of allylic oxidation sites excluding steroid dienone is 2. The Bertz CT molecular complexity index is 428. The van der Waals surface area contributed by atoms with E-state index in [1.165, 1.54) is 13.8 Å². The van der Waals surface area contributed by atoms with Crippen molar-refractivity contribution in [3.05, 3.63) is 35.6 Å². The zero-order valence-electron chi connectivity index (χ0n) is 9.15. The van der Waals surface area contributed by atoms with E-state index in [1.54, 1.807) is 24.3 Å². The average Bonchev–Trinajstić information content (AvgIpc) is 2.20. The third-order valence-electron chi connectivity index (χ3n) is 2.11. The third-order valence-corrected chi connectivity index (χ3v) is 2.11. The Hall–Kier alpha value is -2.10. The van der Waals surface area contributed by atoms with Crippen LogP contribution in [0.25, 0.3) is 5.57 Å². The van der Waals surface area contributed by atoms with Crippen LogP contribution in [0.2, 0.25) is 0 Å². The van der Waals surface area contributed by atoms with E-state index in [2.05, 4.69) is 5.32 Å². The normalized spacial score (nSPS) is 11.6. The molecule has 0 fully saturated rings. The highest BCUT2D eigenvalue weighted by molar-refractivity contribution is 6.20. The quantitative estimate of drug-likeness (QED) is 0.463. The standard InChI is InChI=1S/C12H13NO3/c1-8(15)12(9(2)16)10-3-5-11(6-4-10)13-7-14/h3-7,15H,1-2H3,(H,13,14)/b12-8-. The minimum absolute atomic E-state index is 0.0106. The summed E-state index contributed by atoms with van der Waals surface area (Å²) < 4.78 is 0. The van der Waals surface area contributed by atoms with Gasteiger partial charge in [-0.3, -0.25) is 9.59 Å². The number of carbonyl (C=O) groups excluding carboxylic acids is 2. The van der Waals surface area contributed by atoms with E-state index in [0.717, 1.165) is 0 Å². The second kappa shape index (κ2) is 5.11. The molecule has 2 N–H and O–H groups in total. The van der Waals surface area contributed by atoms with Crippen molar-refractivity contribution in [1.82, 2.24) is 0 Å². The number of benzene rings is 1. The Labute approximate surface area is 93.6 Å². The molecule has 16 heavy (non-hydrogen) atoms. The fourth-order valence-corrected chi connectivity index (χ4v) is 1.47. The second-order valence-corrected chi connectivity index (χ2v) is 3.36. The number of anilines is 1. The molecule has 0 bridgehead atoms. The van der Waals surface area contributed by atoms with Gasteiger partial charge in [0.25, 0.3) is 0 Å². The van der Waals surface area contributed by atoms with Gasteiger partial charge in [0.2, 0.25) is 6.41 Å². The molecule has 0 atom stereocenters. The molecule has 0 aromatic heterocycles. The lowest BCUT2D eigenvalue weighted by Gasteiger charge is -2.06. The zero-order chi connectivity index (χ0) is 12.1. The number of rotatable bonds is 4. The Balaban J connectivity index is 3.09. The van der Waals surface area contributed by atoms with Gasteiger partial charge in [0.05, 0.1) is 5.57 Å². The van der Waals surface area contributed by atoms with Crippen molar-refractivity contribution in [1.29, 1.82) is 0 Å². The second-order valence-electron chi connectivity index (χ2n) is 3.36. The van der Waals surface area contributed by atoms with E-state index in [1.807, 2.05) is 0 Å². The van der Waals surface area contributed by atoms with Crippen molar-refractivity contribution in [2.45, 2.75) is 13.8 Å². The fourth-order valence-electron chi connectivity index (χ4n) is 1.47. The first-order valence-electron chi connectivity index (χ1n) is 4.77. The molecule has 0 saturated carbocycles. The lowest BCUT2D eigenvalue weighted by atomic mass is 10.0. The van der Waals surface area contributed by atoms with Gasteiger partial charge in [-0.25, -0.2) is 0 Å². The van der Waals surface area contributed by atoms with Crippen LogP contribution < -0.4 is 5.32 Å². The summed E-state index contributed by atoms with van der Waals surface area (Å²) in [7, 11) is 0. The third kappa shape index (κ3) is 2.70. The van der Waals surface area contributed by atoms with Crippen LogP contribution in [0.4, 0.5) is 5.69 Å². The van der Waals surface area contributed by atoms with Gasteiger partial charge in [-0.2, -0.15) is 0 Å². The van der Waals surface area contributed by atoms with Gasteiger partial charge >= 0.3 is 0 Å². The van der Waals surface area contributed by atoms with Gasteiger partial charge in [0, 0.05) is 5.69 Å². The van der Waals surface area contributed by atoms with E-state index in [4.69, 9.17) is 0 Å². The highest BCUT2D eigenvalue weighted by Crippen LogP contribution is 2.20. The van der Waals surface area contributed by atoms with E-state index < -0.39 is 0 Å². The largest absolute Gasteiger partial charge is 0.512 e. The van der Waals surface area contributed by atoms with Gasteiger partial charge in [-0.1, -0.05) is 12.1 Å². The van der Waals surface area contributed by atoms with Gasteiger partial charge in [-0.15, -0.1) is 0 Å². The summed E-state index contributed by atoms with van der Waals surface area (Å²) >= 11 is 0. The number of amides is 1. The van der Waals surface area contributed by atoms with Crippen molar-refractivity contribution in [2.75, 3.05) is 5.32 Å². The van der Waals surface area contributed by atoms with Gasteiger partial charge in [0.15, 0.2) is 5.78 Å². The Morgan fingerprint density at radius 2 is 1.81 bits per heavy atom. The first-order chi connectivity index (χ1) is 7.56. The Morgan fingerprint density at radius 1 is 1.25 bits per heavy atom. The predicted octanol–water partition coefficient (Wildman–Crippen LogP) is 2.13. The molecule has 0 heterocycles. The molecule has 0 radical (unpaired) electrons. The fraction of sp³-hybridized carbons (Fsp3) is 0.167. The predicted molar refractivity (Wildman–Crippen MR) is 62.0 cm³/mol. The van der Waals surface area contributed by atoms with Gasteiger partial charge in [0.1, 0.15) is 5.76 Å². The van der Waals surface area contributed by atoms with Gasteiger partial charge in [-0.05, 0) is 31.5 Å². The first-order valence-corrected chi connectivity index (χ1v) is 4.77. The van der Waals surface area contributed by atoms with Crippen LogP contribution in [-0.2, 0) is 9.59 Å². The maximum absolute atomic E-state index is 11.3. The van der Waals surface area contributed by atoms with E-state index in [-0.39, 0.29) is 17.1 Å². The number of ketones is 1. The molecule has 0 aliphatic rings. The van der Waals surface area contributed by atoms with Crippen molar-refractivity contribution < 1.29 is 14.7 Å². The molecule has 0 aliphatic carbocycles. The minimum Gasteiger partial charge on any atom is -0.512 e. The zero-order valence-corrected chi connectivity index (χ0v) is 9.15. The van der Waals surface area contributed by atoms with E-state index >= 15 is 0 Å². The maximum atomic E-state index is 11.3. The molecule has 0 aliphatic heterocycles. The molecule has 0 unspecified atom stereocenters. The van der Waals surface area contributed by atoms with Crippen LogP contribution in [0.5, 0.6) is 0 Å². The molecule has 1 aromatic carbocycles. The Kier molecular flexibility index (Phi) is 3.83. The lowest BCUT2D eigenvalue weighted by molar-refractivity contribution is -0.112. The summed E-state index contributed by atoms with van der Waals surface area (Å²) in [5.74, 6) is -0.209. The molecule has 84 valence electrons. The van der Waals surface area contributed by atoms with Crippen LogP contribution in [0.1, 0.15) is 19.4 Å². The summed E-state index contributed by atoms with van der Waals surface area (Å²) in [6.07, 6.45) is 0.577. The number of aliphatic hydroxyl groups is 1. The van der Waals surface area contributed by atoms with Crippen molar-refractivity contribution in [3.63, 3.8) is 0 Å². The number of carbonyl (C=O) groups is 2. The Morgan fingerprint density at radius 3 is 2.19 bits per heavy atom. The van der Waals surface area contributed by atoms with Crippen molar-refractivity contribution >= 4 is 23.5 Å². The smallest absolute Gasteiger partial charge is 0.211 e. The number of Topliss-reactive ketones (excluding diaryl/α,β-unsaturated/α-hetero) is 1. The van der Waals surface area contributed by atoms with Crippen molar-refractivity contribution in [2.24, 2.45) is 0 Å². The molecule has 4 heteroatoms. The SMILES string of the molecule is CC(=O)/C(=C(\C)O)c1ccc(NC=O)cc1. The maximum Gasteiger partial charge on any atom is 0.211 e. The van der Waals surface area contributed by atoms with E-state index in [9.17, 15) is 14.7 Å². The van der Waals surface area contributed by atoms with E-state index in [0.29, 0.717) is 17.7 Å². The molecular weight excluding hydrogens is 206 g/mol. The summed E-state index contributed by atoms with van der Waals surface area (Å²) in [5.41, 5.74) is 1.55. The molecule has 1 aromatic rings. The van der Waals surface area contributed by atoms with Crippen LogP contribution in [0.3, 0.4) is 0 Å².